The molecule has 7 atom stereocenters. The van der Waals surface area contributed by atoms with E-state index in [1.54, 1.807) is 7.11 Å². The van der Waals surface area contributed by atoms with Gasteiger partial charge in [-0.1, -0.05) is 32.1 Å². The fraction of sp³-hybridized carbons (Fsp3) is 0.750. The molecule has 0 radical (unpaired) electrons. The van der Waals surface area contributed by atoms with E-state index in [1.807, 2.05) is 6.08 Å². The van der Waals surface area contributed by atoms with Gasteiger partial charge in [0.2, 0.25) is 0 Å². The van der Waals surface area contributed by atoms with Gasteiger partial charge in [-0.2, -0.15) is 11.8 Å². The zero-order valence-corrected chi connectivity index (χ0v) is 24.4. The Morgan fingerprint density at radius 1 is 1.13 bits per heavy atom. The first-order valence-corrected chi connectivity index (χ1v) is 16.2. The molecule has 0 aromatic heterocycles. The van der Waals surface area contributed by atoms with Crippen molar-refractivity contribution in [3.8, 4) is 11.5 Å². The molecule has 7 aliphatic rings. The number of benzene rings is 1. The zero-order valence-electron chi connectivity index (χ0n) is 23.6. The van der Waals surface area contributed by atoms with Gasteiger partial charge in [-0.25, -0.2) is 0 Å². The average molecular weight is 539 g/mol. The largest absolute Gasteiger partial charge is 0.493 e. The fourth-order valence-corrected chi connectivity index (χ4v) is 11.4. The number of aliphatic hydroxyl groups excluding tert-OH is 1. The molecule has 208 valence electrons. The van der Waals surface area contributed by atoms with Crippen LogP contribution >= 0.6 is 11.8 Å². The van der Waals surface area contributed by atoms with Gasteiger partial charge in [0.1, 0.15) is 6.10 Å². The van der Waals surface area contributed by atoms with Crippen molar-refractivity contribution in [1.82, 2.24) is 10.2 Å². The van der Waals surface area contributed by atoms with Crippen molar-refractivity contribution in [1.29, 1.82) is 0 Å². The minimum atomic E-state index is -0.428. The summed E-state index contributed by atoms with van der Waals surface area (Å²) in [4.78, 5) is 2.63. The lowest BCUT2D eigenvalue weighted by atomic mass is 9.43. The Labute approximate surface area is 233 Å². The second kappa shape index (κ2) is 9.15. The maximum atomic E-state index is 10.3. The molecule has 38 heavy (non-hydrogen) atoms. The van der Waals surface area contributed by atoms with E-state index < -0.39 is 6.10 Å². The summed E-state index contributed by atoms with van der Waals surface area (Å²) in [6.45, 7) is 9.41. The number of hydrogen-bond acceptors (Lipinski definition) is 6. The number of methoxy groups -OCH3 is 1. The number of nitrogens with zero attached hydrogens (tertiary/aromatic N) is 1. The fourth-order valence-electron chi connectivity index (χ4n) is 10.5. The van der Waals surface area contributed by atoms with Crippen LogP contribution in [0.25, 0.3) is 0 Å². The summed E-state index contributed by atoms with van der Waals surface area (Å²) in [6.07, 6.45) is 14.1. The van der Waals surface area contributed by atoms with Gasteiger partial charge in [-0.05, 0) is 79.9 Å². The van der Waals surface area contributed by atoms with Gasteiger partial charge in [-0.15, -0.1) is 0 Å². The number of thioether (sulfide) groups is 1. The normalized spacial score (nSPS) is 42.5. The first-order chi connectivity index (χ1) is 18.2. The highest BCUT2D eigenvalue weighted by molar-refractivity contribution is 7.99. The predicted molar refractivity (Wildman–Crippen MR) is 154 cm³/mol. The van der Waals surface area contributed by atoms with Crippen LogP contribution in [0.2, 0.25) is 0 Å². The minimum absolute atomic E-state index is 0.0120. The molecule has 5 nitrogen and oxygen atoms in total. The Balaban J connectivity index is 0.956. The molecule has 1 spiro atoms. The van der Waals surface area contributed by atoms with Crippen LogP contribution in [0, 0.1) is 16.7 Å². The lowest BCUT2D eigenvalue weighted by Gasteiger charge is -2.65. The van der Waals surface area contributed by atoms with E-state index in [-0.39, 0.29) is 11.5 Å². The van der Waals surface area contributed by atoms with Crippen molar-refractivity contribution in [2.45, 2.75) is 94.9 Å². The Kier molecular flexibility index (Phi) is 6.20. The van der Waals surface area contributed by atoms with Crippen LogP contribution in [0.1, 0.15) is 76.3 Å². The van der Waals surface area contributed by atoms with Gasteiger partial charge in [0.25, 0.3) is 0 Å². The van der Waals surface area contributed by atoms with Gasteiger partial charge >= 0.3 is 0 Å². The third-order valence-electron chi connectivity index (χ3n) is 11.0. The molecule has 2 aliphatic heterocycles. The van der Waals surface area contributed by atoms with E-state index in [0.29, 0.717) is 22.8 Å². The molecular weight excluding hydrogens is 492 g/mol. The Bertz CT molecular complexity index is 1100. The van der Waals surface area contributed by atoms with E-state index >= 15 is 0 Å². The Morgan fingerprint density at radius 3 is 2.71 bits per heavy atom. The molecule has 2 N–H and O–H groups in total. The average Bonchev–Trinajstić information content (AvgIpc) is 3.07. The van der Waals surface area contributed by atoms with Gasteiger partial charge in [0.15, 0.2) is 11.5 Å². The number of rotatable bonds is 8. The highest BCUT2D eigenvalue weighted by atomic mass is 32.2. The molecule has 2 heterocycles. The molecule has 4 fully saturated rings. The molecule has 1 aromatic rings. The quantitative estimate of drug-likeness (QED) is 0.346. The van der Waals surface area contributed by atoms with Crippen molar-refractivity contribution in [3.05, 3.63) is 35.4 Å². The predicted octanol–water partition coefficient (Wildman–Crippen LogP) is 5.29. The molecule has 1 unspecified atom stereocenters. The van der Waals surface area contributed by atoms with Crippen molar-refractivity contribution in [3.63, 3.8) is 0 Å². The topological polar surface area (TPSA) is 54.0 Å². The number of hydrogen-bond donors (Lipinski definition) is 2. The van der Waals surface area contributed by atoms with E-state index in [2.05, 4.69) is 54.0 Å². The van der Waals surface area contributed by atoms with Gasteiger partial charge in [0, 0.05) is 48.7 Å². The molecule has 5 aliphatic carbocycles. The maximum Gasteiger partial charge on any atom is 0.166 e. The van der Waals surface area contributed by atoms with E-state index in [0.717, 1.165) is 50.0 Å². The van der Waals surface area contributed by atoms with Crippen molar-refractivity contribution < 1.29 is 14.6 Å². The summed E-state index contributed by atoms with van der Waals surface area (Å²) in [5.74, 6) is 5.05. The molecule has 1 aromatic carbocycles. The maximum absolute atomic E-state index is 10.3. The van der Waals surface area contributed by atoms with Crippen LogP contribution in [0.3, 0.4) is 0 Å². The van der Waals surface area contributed by atoms with E-state index in [4.69, 9.17) is 9.47 Å². The smallest absolute Gasteiger partial charge is 0.166 e. The molecule has 6 heteroatoms. The number of ether oxygens (including phenoxy) is 2. The summed E-state index contributed by atoms with van der Waals surface area (Å²) < 4.78 is 12.2. The van der Waals surface area contributed by atoms with Crippen LogP contribution < -0.4 is 14.8 Å². The Hall–Kier alpha value is -1.21. The SMILES string of the molecule is COc1ccc2c3c1O[C@H]1C[C@@H](O)C=C[C@@]31CCN(CCSCCNC13C[C@H]4C[C@@](C)(C1)C[C@](C)(C4)C3)C2. The van der Waals surface area contributed by atoms with Crippen LogP contribution in [0.5, 0.6) is 11.5 Å². The monoisotopic (exact) mass is 538 g/mol. The third kappa shape index (κ3) is 4.24. The van der Waals surface area contributed by atoms with Crippen molar-refractivity contribution >= 4 is 11.8 Å². The third-order valence-corrected chi connectivity index (χ3v) is 11.9. The first kappa shape index (κ1) is 25.7. The van der Waals surface area contributed by atoms with Crippen LogP contribution in [0.15, 0.2) is 24.3 Å². The first-order valence-electron chi connectivity index (χ1n) is 15.0. The lowest BCUT2D eigenvalue weighted by molar-refractivity contribution is -0.117. The van der Waals surface area contributed by atoms with Crippen molar-refractivity contribution in [2.24, 2.45) is 16.7 Å². The van der Waals surface area contributed by atoms with Gasteiger partial charge in [-0.3, -0.25) is 4.90 Å². The number of nitrogens with one attached hydrogen (secondary N) is 1. The zero-order chi connectivity index (χ0) is 26.2. The van der Waals surface area contributed by atoms with Crippen molar-refractivity contribution in [2.75, 3.05) is 38.2 Å². The summed E-state index contributed by atoms with van der Waals surface area (Å²) in [5, 5.41) is 14.4. The van der Waals surface area contributed by atoms with E-state index in [9.17, 15) is 5.11 Å². The van der Waals surface area contributed by atoms with Gasteiger partial charge < -0.3 is 19.9 Å². The van der Waals surface area contributed by atoms with Gasteiger partial charge in [0.05, 0.1) is 18.6 Å². The Morgan fingerprint density at radius 2 is 1.95 bits per heavy atom. The summed E-state index contributed by atoms with van der Waals surface area (Å²) in [5.41, 5.74) is 4.10. The van der Waals surface area contributed by atoms with Crippen LogP contribution in [-0.2, 0) is 12.0 Å². The summed E-state index contributed by atoms with van der Waals surface area (Å²) >= 11 is 2.11. The second-order valence-electron chi connectivity index (χ2n) is 14.4. The van der Waals surface area contributed by atoms with Crippen LogP contribution in [-0.4, -0.2) is 66.0 Å². The van der Waals surface area contributed by atoms with Crippen LogP contribution in [0.4, 0.5) is 0 Å². The number of aliphatic hydroxyl groups is 1. The molecule has 0 saturated heterocycles. The molecule has 0 amide bonds. The summed E-state index contributed by atoms with van der Waals surface area (Å²) in [7, 11) is 1.72. The summed E-state index contributed by atoms with van der Waals surface area (Å²) in [6, 6.07) is 4.31. The highest BCUT2D eigenvalue weighted by Crippen LogP contribution is 2.66. The lowest BCUT2D eigenvalue weighted by Crippen LogP contribution is -2.64. The molecule has 4 saturated carbocycles. The molecular formula is C32H46N2O3S. The second-order valence-corrected chi connectivity index (χ2v) is 15.6. The minimum Gasteiger partial charge on any atom is -0.493 e. The standard InChI is InChI=1S/C32H46N2O3S/c1-29-15-22-16-30(2,19-29)21-31(17-22,20-29)33-9-12-38-13-11-34-10-8-32-7-6-24(35)14-26(32)37-28-25(36-3)5-4-23(18-34)27(28)32/h4-7,22,24,26,33,35H,8-21H2,1-3H3/t22-,24-,26-,29+,30-,31?,32-/m0/s1. The molecule has 4 bridgehead atoms. The highest BCUT2D eigenvalue weighted by Gasteiger charge is 2.59. The molecule has 8 rings (SSSR count). The van der Waals surface area contributed by atoms with E-state index in [1.165, 1.54) is 61.2 Å².